The van der Waals surface area contributed by atoms with Gasteiger partial charge in [-0.15, -0.1) is 11.8 Å². The van der Waals surface area contributed by atoms with Crippen molar-refractivity contribution in [3.05, 3.63) is 41.8 Å². The van der Waals surface area contributed by atoms with Crippen molar-refractivity contribution < 1.29 is 9.18 Å². The number of nitrogens with zero attached hydrogens (tertiary/aromatic N) is 1. The molecule has 1 aromatic heterocycles. The topological polar surface area (TPSA) is 42.0 Å². The predicted octanol–water partition coefficient (Wildman–Crippen LogP) is 4.06. The first-order valence-electron chi connectivity index (χ1n) is 8.13. The molecule has 0 atom stereocenters. The van der Waals surface area contributed by atoms with Gasteiger partial charge < -0.3 is 5.32 Å². The standard InChI is InChI=1S/C18H21FN2OS/c19-16-9-8-13(18-15(16)7-4-10-20-18)11-23-12-17(22)21-14-5-2-1-3-6-14/h4,7-10,14H,1-3,5-6,11-12H2,(H,21,22). The molecule has 1 heterocycles. The van der Waals surface area contributed by atoms with E-state index >= 15 is 0 Å². The van der Waals surface area contributed by atoms with Gasteiger partial charge in [-0.3, -0.25) is 9.78 Å². The second-order valence-corrected chi connectivity index (χ2v) is 6.99. The molecule has 122 valence electrons. The molecule has 1 aliphatic rings. The van der Waals surface area contributed by atoms with Gasteiger partial charge in [0.15, 0.2) is 0 Å². The van der Waals surface area contributed by atoms with Gasteiger partial charge in [-0.1, -0.05) is 25.3 Å². The fraction of sp³-hybridized carbons (Fsp3) is 0.444. The van der Waals surface area contributed by atoms with E-state index in [0.717, 1.165) is 18.4 Å². The van der Waals surface area contributed by atoms with E-state index in [1.807, 2.05) is 0 Å². The zero-order valence-electron chi connectivity index (χ0n) is 13.1. The number of aromatic nitrogens is 1. The molecule has 5 heteroatoms. The lowest BCUT2D eigenvalue weighted by Crippen LogP contribution is -2.37. The van der Waals surface area contributed by atoms with E-state index in [4.69, 9.17) is 0 Å². The summed E-state index contributed by atoms with van der Waals surface area (Å²) in [5.74, 6) is 0.937. The van der Waals surface area contributed by atoms with Gasteiger partial charge in [0.05, 0.1) is 11.3 Å². The van der Waals surface area contributed by atoms with Crippen LogP contribution >= 0.6 is 11.8 Å². The van der Waals surface area contributed by atoms with Crippen molar-refractivity contribution in [2.75, 3.05) is 5.75 Å². The second-order valence-electron chi connectivity index (χ2n) is 6.00. The maximum atomic E-state index is 13.8. The normalized spacial score (nSPS) is 15.7. The maximum absolute atomic E-state index is 13.8. The summed E-state index contributed by atoms with van der Waals surface area (Å²) in [5.41, 5.74) is 1.66. The summed E-state index contributed by atoms with van der Waals surface area (Å²) in [4.78, 5) is 16.3. The average molecular weight is 332 g/mol. The minimum Gasteiger partial charge on any atom is -0.353 e. The van der Waals surface area contributed by atoms with Crippen LogP contribution < -0.4 is 5.32 Å². The Bertz CT molecular complexity index is 686. The van der Waals surface area contributed by atoms with Gasteiger partial charge in [0.25, 0.3) is 0 Å². The Morgan fingerprint density at radius 2 is 2.09 bits per heavy atom. The van der Waals surface area contributed by atoms with Crippen molar-refractivity contribution in [2.45, 2.75) is 43.9 Å². The third-order valence-corrected chi connectivity index (χ3v) is 5.24. The monoisotopic (exact) mass is 332 g/mol. The Morgan fingerprint density at radius 3 is 2.91 bits per heavy atom. The summed E-state index contributed by atoms with van der Waals surface area (Å²) in [6.45, 7) is 0. The number of benzene rings is 1. The fourth-order valence-electron chi connectivity index (χ4n) is 3.08. The molecule has 1 aromatic carbocycles. The first-order valence-corrected chi connectivity index (χ1v) is 9.29. The van der Waals surface area contributed by atoms with E-state index < -0.39 is 0 Å². The minimum atomic E-state index is -0.253. The Morgan fingerprint density at radius 1 is 1.26 bits per heavy atom. The maximum Gasteiger partial charge on any atom is 0.230 e. The van der Waals surface area contributed by atoms with Crippen molar-refractivity contribution in [1.29, 1.82) is 0 Å². The summed E-state index contributed by atoms with van der Waals surface area (Å²) in [6, 6.07) is 7.06. The van der Waals surface area contributed by atoms with Crippen molar-refractivity contribution >= 4 is 28.6 Å². The minimum absolute atomic E-state index is 0.0984. The first-order chi connectivity index (χ1) is 11.2. The van der Waals surface area contributed by atoms with Crippen LogP contribution in [0.25, 0.3) is 10.9 Å². The number of hydrogen-bond acceptors (Lipinski definition) is 3. The number of carbonyl (C=O) groups excluding carboxylic acids is 1. The van der Waals surface area contributed by atoms with Crippen LogP contribution in [0.3, 0.4) is 0 Å². The van der Waals surface area contributed by atoms with E-state index in [9.17, 15) is 9.18 Å². The van der Waals surface area contributed by atoms with Crippen LogP contribution in [0.15, 0.2) is 30.5 Å². The number of rotatable bonds is 5. The van der Waals surface area contributed by atoms with Crippen LogP contribution in [0.5, 0.6) is 0 Å². The Kier molecular flexibility index (Phi) is 5.49. The Balaban J connectivity index is 1.54. The highest BCUT2D eigenvalue weighted by Gasteiger charge is 2.15. The van der Waals surface area contributed by atoms with Gasteiger partial charge in [0.1, 0.15) is 5.82 Å². The van der Waals surface area contributed by atoms with Crippen LogP contribution in [0, 0.1) is 5.82 Å². The molecule has 1 amide bonds. The zero-order chi connectivity index (χ0) is 16.1. The summed E-state index contributed by atoms with van der Waals surface area (Å²) in [6.07, 6.45) is 7.58. The molecule has 0 bridgehead atoms. The van der Waals surface area contributed by atoms with E-state index in [-0.39, 0.29) is 11.7 Å². The molecule has 1 saturated carbocycles. The molecule has 0 aliphatic heterocycles. The van der Waals surface area contributed by atoms with Crippen LogP contribution in [-0.4, -0.2) is 22.7 Å². The second kappa shape index (κ2) is 7.77. The molecular formula is C18H21FN2OS. The highest BCUT2D eigenvalue weighted by Crippen LogP contribution is 2.23. The molecular weight excluding hydrogens is 311 g/mol. The lowest BCUT2D eigenvalue weighted by Gasteiger charge is -2.22. The highest BCUT2D eigenvalue weighted by molar-refractivity contribution is 7.99. The Labute approximate surface area is 140 Å². The number of nitrogens with one attached hydrogen (secondary N) is 1. The Hall–Kier alpha value is -1.62. The molecule has 23 heavy (non-hydrogen) atoms. The first kappa shape index (κ1) is 16.2. The molecule has 0 radical (unpaired) electrons. The summed E-state index contributed by atoms with van der Waals surface area (Å²) < 4.78 is 13.8. The van der Waals surface area contributed by atoms with Crippen molar-refractivity contribution in [1.82, 2.24) is 10.3 Å². The predicted molar refractivity (Wildman–Crippen MR) is 92.9 cm³/mol. The lowest BCUT2D eigenvalue weighted by molar-refractivity contribution is -0.119. The van der Waals surface area contributed by atoms with Crippen LogP contribution in [0.2, 0.25) is 0 Å². The molecule has 3 rings (SSSR count). The van der Waals surface area contributed by atoms with Gasteiger partial charge in [-0.2, -0.15) is 0 Å². The lowest BCUT2D eigenvalue weighted by atomic mass is 9.95. The molecule has 0 spiro atoms. The van der Waals surface area contributed by atoms with Crippen LogP contribution in [-0.2, 0) is 10.5 Å². The van der Waals surface area contributed by atoms with Gasteiger partial charge in [0, 0.05) is 23.4 Å². The van der Waals surface area contributed by atoms with Crippen molar-refractivity contribution in [3.63, 3.8) is 0 Å². The molecule has 2 aromatic rings. The van der Waals surface area contributed by atoms with Gasteiger partial charge >= 0.3 is 0 Å². The van der Waals surface area contributed by atoms with Gasteiger partial charge in [-0.25, -0.2) is 4.39 Å². The van der Waals surface area contributed by atoms with E-state index in [1.54, 1.807) is 36.2 Å². The number of thioether (sulfide) groups is 1. The van der Waals surface area contributed by atoms with Gasteiger partial charge in [-0.05, 0) is 36.6 Å². The van der Waals surface area contributed by atoms with Crippen LogP contribution in [0.1, 0.15) is 37.7 Å². The summed E-state index contributed by atoms with van der Waals surface area (Å²) in [5, 5.41) is 3.66. The van der Waals surface area contributed by atoms with Gasteiger partial charge in [0.2, 0.25) is 5.91 Å². The molecule has 3 nitrogen and oxygen atoms in total. The quantitative estimate of drug-likeness (QED) is 0.898. The average Bonchev–Trinajstić information content (AvgIpc) is 2.58. The number of halogens is 1. The summed E-state index contributed by atoms with van der Waals surface area (Å²) >= 11 is 1.55. The van der Waals surface area contributed by atoms with E-state index in [2.05, 4.69) is 10.3 Å². The molecule has 1 N–H and O–H groups in total. The van der Waals surface area contributed by atoms with Crippen LogP contribution in [0.4, 0.5) is 4.39 Å². The molecule has 0 unspecified atom stereocenters. The van der Waals surface area contributed by atoms with Crippen molar-refractivity contribution in [3.8, 4) is 0 Å². The number of hydrogen-bond donors (Lipinski definition) is 1. The largest absolute Gasteiger partial charge is 0.353 e. The number of pyridine rings is 1. The number of fused-ring (bicyclic) bond motifs is 1. The fourth-order valence-corrected chi connectivity index (χ4v) is 3.91. The highest BCUT2D eigenvalue weighted by atomic mass is 32.2. The third kappa shape index (κ3) is 4.22. The molecule has 1 aliphatic carbocycles. The van der Waals surface area contributed by atoms with Crippen molar-refractivity contribution in [2.24, 2.45) is 0 Å². The molecule has 1 fully saturated rings. The van der Waals surface area contributed by atoms with E-state index in [0.29, 0.717) is 28.5 Å². The summed E-state index contributed by atoms with van der Waals surface area (Å²) in [7, 11) is 0. The number of amides is 1. The molecule has 0 saturated heterocycles. The zero-order valence-corrected chi connectivity index (χ0v) is 13.9. The number of carbonyl (C=O) groups is 1. The van der Waals surface area contributed by atoms with E-state index in [1.165, 1.54) is 25.3 Å². The smallest absolute Gasteiger partial charge is 0.230 e. The third-order valence-electron chi connectivity index (χ3n) is 4.26. The SMILES string of the molecule is O=C(CSCc1ccc(F)c2cccnc12)NC1CCCCC1.